The molecule has 1 aromatic carbocycles. The highest BCUT2D eigenvalue weighted by Crippen LogP contribution is 2.32. The molecule has 2 heterocycles. The average molecular weight is 418 g/mol. The molecule has 1 aromatic heterocycles. The standard InChI is InChI=1S/C20H28N4O3.CH2O2/c1-26-14-10-22-19(25)20(24-13-9-21-16-24)7-11-23(12-8-20)15-17-5-3-4-6-18(17)27-2;2-1-3/h3-6,9,13,16H,7-8,10-12,14-15H2,1-2H3,(H,22,25);1H,(H,2,3). The Morgan fingerprint density at radius 2 is 2.00 bits per heavy atom. The lowest BCUT2D eigenvalue weighted by atomic mass is 9.85. The number of benzene rings is 1. The number of imidazole rings is 1. The molecule has 2 aromatic rings. The third-order valence-corrected chi connectivity index (χ3v) is 5.28. The highest BCUT2D eigenvalue weighted by Gasteiger charge is 2.42. The van der Waals surface area contributed by atoms with Crippen LogP contribution in [0.4, 0.5) is 0 Å². The fraction of sp³-hybridized carbons (Fsp3) is 0.476. The molecule has 0 spiro atoms. The number of rotatable bonds is 8. The number of nitrogens with zero attached hydrogens (tertiary/aromatic N) is 3. The second-order valence-corrected chi connectivity index (χ2v) is 6.94. The number of ether oxygens (including phenoxy) is 2. The van der Waals surface area contributed by atoms with E-state index in [1.54, 1.807) is 26.7 Å². The van der Waals surface area contributed by atoms with Gasteiger partial charge in [0.15, 0.2) is 0 Å². The number of carbonyl (C=O) groups excluding carboxylic acids is 1. The maximum absolute atomic E-state index is 13.0. The van der Waals surface area contributed by atoms with E-state index >= 15 is 0 Å². The highest BCUT2D eigenvalue weighted by molar-refractivity contribution is 5.84. The van der Waals surface area contributed by atoms with Crippen LogP contribution in [0.2, 0.25) is 0 Å². The van der Waals surface area contributed by atoms with Gasteiger partial charge >= 0.3 is 0 Å². The van der Waals surface area contributed by atoms with Gasteiger partial charge in [-0.25, -0.2) is 4.98 Å². The summed E-state index contributed by atoms with van der Waals surface area (Å²) in [7, 11) is 3.33. The van der Waals surface area contributed by atoms with Gasteiger partial charge in [0.05, 0.1) is 20.0 Å². The zero-order chi connectivity index (χ0) is 21.8. The number of hydrogen-bond donors (Lipinski definition) is 2. The van der Waals surface area contributed by atoms with Crippen molar-refractivity contribution in [3.05, 3.63) is 48.5 Å². The number of aromatic nitrogens is 2. The molecule has 0 radical (unpaired) electrons. The third kappa shape index (κ3) is 5.80. The smallest absolute Gasteiger partial charge is 0.290 e. The van der Waals surface area contributed by atoms with Crippen LogP contribution in [-0.2, 0) is 26.4 Å². The van der Waals surface area contributed by atoms with Gasteiger partial charge in [0.2, 0.25) is 5.91 Å². The number of carbonyl (C=O) groups is 2. The molecule has 0 atom stereocenters. The van der Waals surface area contributed by atoms with Gasteiger partial charge in [-0.05, 0) is 18.9 Å². The summed E-state index contributed by atoms with van der Waals surface area (Å²) in [5, 5.41) is 9.90. The zero-order valence-corrected chi connectivity index (χ0v) is 17.5. The van der Waals surface area contributed by atoms with Crippen LogP contribution in [0.5, 0.6) is 5.75 Å². The number of nitrogens with one attached hydrogen (secondary N) is 1. The number of amides is 1. The first kappa shape index (κ1) is 23.4. The van der Waals surface area contributed by atoms with Crippen molar-refractivity contribution in [1.29, 1.82) is 0 Å². The largest absolute Gasteiger partial charge is 0.496 e. The summed E-state index contributed by atoms with van der Waals surface area (Å²) in [5.74, 6) is 0.941. The molecule has 1 saturated heterocycles. The lowest BCUT2D eigenvalue weighted by molar-refractivity contribution is -0.133. The zero-order valence-electron chi connectivity index (χ0n) is 17.5. The molecule has 9 heteroatoms. The Morgan fingerprint density at radius 3 is 2.60 bits per heavy atom. The lowest BCUT2D eigenvalue weighted by Crippen LogP contribution is -2.55. The van der Waals surface area contributed by atoms with Crippen molar-refractivity contribution in [3.8, 4) is 5.75 Å². The maximum Gasteiger partial charge on any atom is 0.290 e. The molecular formula is C21H30N4O5. The van der Waals surface area contributed by atoms with Crippen LogP contribution in [-0.4, -0.2) is 72.4 Å². The number of methoxy groups -OCH3 is 2. The molecule has 30 heavy (non-hydrogen) atoms. The quantitative estimate of drug-likeness (QED) is 0.492. The van der Waals surface area contributed by atoms with Crippen LogP contribution >= 0.6 is 0 Å². The normalized spacial score (nSPS) is 15.5. The molecule has 1 aliphatic heterocycles. The van der Waals surface area contributed by atoms with E-state index in [0.29, 0.717) is 13.2 Å². The summed E-state index contributed by atoms with van der Waals surface area (Å²) >= 11 is 0. The molecule has 0 unspecified atom stereocenters. The summed E-state index contributed by atoms with van der Waals surface area (Å²) in [6, 6.07) is 8.08. The van der Waals surface area contributed by atoms with Crippen LogP contribution in [0.3, 0.4) is 0 Å². The summed E-state index contributed by atoms with van der Waals surface area (Å²) < 4.78 is 12.5. The minimum absolute atomic E-state index is 0.0366. The third-order valence-electron chi connectivity index (χ3n) is 5.28. The number of hydrogen-bond acceptors (Lipinski definition) is 6. The van der Waals surface area contributed by atoms with Crippen LogP contribution in [0, 0.1) is 0 Å². The molecule has 1 fully saturated rings. The molecule has 164 valence electrons. The Bertz CT molecular complexity index is 773. The summed E-state index contributed by atoms with van der Waals surface area (Å²) in [6.07, 6.45) is 6.82. The van der Waals surface area contributed by atoms with Gasteiger partial charge in [0.25, 0.3) is 6.47 Å². The van der Waals surface area contributed by atoms with E-state index in [0.717, 1.165) is 38.2 Å². The van der Waals surface area contributed by atoms with Crippen LogP contribution in [0.1, 0.15) is 18.4 Å². The van der Waals surface area contributed by atoms with E-state index in [2.05, 4.69) is 21.3 Å². The van der Waals surface area contributed by atoms with Crippen molar-refractivity contribution in [1.82, 2.24) is 19.8 Å². The van der Waals surface area contributed by atoms with Crippen molar-refractivity contribution in [2.24, 2.45) is 0 Å². The monoisotopic (exact) mass is 418 g/mol. The SMILES string of the molecule is COCCNC(=O)C1(n2ccnc2)CCN(Cc2ccccc2OC)CC1.O=CO. The van der Waals surface area contributed by atoms with E-state index in [1.165, 1.54) is 5.56 Å². The van der Waals surface area contributed by atoms with Crippen LogP contribution in [0.25, 0.3) is 0 Å². The molecule has 0 saturated carbocycles. The van der Waals surface area contributed by atoms with Crippen LogP contribution < -0.4 is 10.1 Å². The van der Waals surface area contributed by atoms with E-state index in [1.807, 2.05) is 29.0 Å². The van der Waals surface area contributed by atoms with Crippen LogP contribution in [0.15, 0.2) is 43.0 Å². The molecule has 1 aliphatic rings. The number of para-hydroxylation sites is 1. The number of piperidine rings is 1. The predicted molar refractivity (Wildman–Crippen MR) is 111 cm³/mol. The first-order valence-corrected chi connectivity index (χ1v) is 9.79. The van der Waals surface area contributed by atoms with Gasteiger partial charge < -0.3 is 24.5 Å². The maximum atomic E-state index is 13.0. The molecular weight excluding hydrogens is 388 g/mol. The Hall–Kier alpha value is -2.91. The Labute approximate surface area is 176 Å². The van der Waals surface area contributed by atoms with Gasteiger partial charge in [-0.2, -0.15) is 0 Å². The lowest BCUT2D eigenvalue weighted by Gasteiger charge is -2.41. The van der Waals surface area contributed by atoms with Crippen molar-refractivity contribution in [2.45, 2.75) is 24.9 Å². The molecule has 1 amide bonds. The predicted octanol–water partition coefficient (Wildman–Crippen LogP) is 1.35. The number of carboxylic acid groups (broad SMARTS) is 1. The second-order valence-electron chi connectivity index (χ2n) is 6.94. The first-order chi connectivity index (χ1) is 14.6. The minimum atomic E-state index is -0.596. The van der Waals surface area contributed by atoms with E-state index in [-0.39, 0.29) is 12.4 Å². The molecule has 2 N–H and O–H groups in total. The Morgan fingerprint density at radius 1 is 1.30 bits per heavy atom. The molecule has 9 nitrogen and oxygen atoms in total. The Balaban J connectivity index is 0.00000101. The highest BCUT2D eigenvalue weighted by atomic mass is 16.5. The van der Waals surface area contributed by atoms with Gasteiger partial charge in [-0.1, -0.05) is 18.2 Å². The molecule has 3 rings (SSSR count). The van der Waals surface area contributed by atoms with Gasteiger partial charge in [-0.3, -0.25) is 14.5 Å². The fourth-order valence-electron chi connectivity index (χ4n) is 3.70. The topological polar surface area (TPSA) is 106 Å². The van der Waals surface area contributed by atoms with Crippen molar-refractivity contribution in [2.75, 3.05) is 40.5 Å². The van der Waals surface area contributed by atoms with Crippen molar-refractivity contribution in [3.63, 3.8) is 0 Å². The van der Waals surface area contributed by atoms with Crippen molar-refractivity contribution < 1.29 is 24.2 Å². The van der Waals surface area contributed by atoms with E-state index in [4.69, 9.17) is 19.4 Å². The minimum Gasteiger partial charge on any atom is -0.496 e. The van der Waals surface area contributed by atoms with Gasteiger partial charge in [-0.15, -0.1) is 0 Å². The average Bonchev–Trinajstić information content (AvgIpc) is 3.31. The molecule has 0 bridgehead atoms. The summed E-state index contributed by atoms with van der Waals surface area (Å²) in [4.78, 5) is 27.9. The second kappa shape index (κ2) is 11.9. The molecule has 0 aliphatic carbocycles. The van der Waals surface area contributed by atoms with Gasteiger partial charge in [0, 0.05) is 51.2 Å². The number of likely N-dealkylation sites (tertiary alicyclic amines) is 1. The Kier molecular flexibility index (Phi) is 9.30. The van der Waals surface area contributed by atoms with Gasteiger partial charge in [0.1, 0.15) is 11.3 Å². The summed E-state index contributed by atoms with van der Waals surface area (Å²) in [6.45, 7) is 3.24. The van der Waals surface area contributed by atoms with E-state index in [9.17, 15) is 4.79 Å². The van der Waals surface area contributed by atoms with E-state index < -0.39 is 5.54 Å². The fourth-order valence-corrected chi connectivity index (χ4v) is 3.70. The first-order valence-electron chi connectivity index (χ1n) is 9.79. The van der Waals surface area contributed by atoms with Crippen molar-refractivity contribution >= 4 is 12.4 Å². The summed E-state index contributed by atoms with van der Waals surface area (Å²) in [5.41, 5.74) is 0.571.